The number of hydrogen-bond donors (Lipinski definition) is 1. The van der Waals surface area contributed by atoms with Gasteiger partial charge in [0.05, 0.1) is 19.0 Å². The zero-order chi connectivity index (χ0) is 10.2. The van der Waals surface area contributed by atoms with Gasteiger partial charge in [-0.15, -0.1) is 0 Å². The molecule has 1 rings (SSSR count). The van der Waals surface area contributed by atoms with Crippen LogP contribution in [0.3, 0.4) is 0 Å². The summed E-state index contributed by atoms with van der Waals surface area (Å²) < 4.78 is 7.18. The SMILES string of the molecule is Cn1cc(OCCCCCCO)cn1. The number of aryl methyl sites for hydroxylation is 1. The fourth-order valence-corrected chi connectivity index (χ4v) is 1.23. The zero-order valence-corrected chi connectivity index (χ0v) is 8.65. The van der Waals surface area contributed by atoms with E-state index >= 15 is 0 Å². The van der Waals surface area contributed by atoms with Crippen molar-refractivity contribution in [3.8, 4) is 5.75 Å². The van der Waals surface area contributed by atoms with Gasteiger partial charge in [-0.2, -0.15) is 5.10 Å². The molecule has 0 aromatic carbocycles. The first kappa shape index (κ1) is 11.0. The molecule has 0 saturated heterocycles. The van der Waals surface area contributed by atoms with Crippen LogP contribution in [-0.2, 0) is 7.05 Å². The average Bonchev–Trinajstić information content (AvgIpc) is 2.58. The summed E-state index contributed by atoms with van der Waals surface area (Å²) in [6.45, 7) is 1.03. The van der Waals surface area contributed by atoms with E-state index in [2.05, 4.69) is 5.10 Å². The fraction of sp³-hybridized carbons (Fsp3) is 0.700. The van der Waals surface area contributed by atoms with Gasteiger partial charge in [0.15, 0.2) is 5.75 Å². The highest BCUT2D eigenvalue weighted by Crippen LogP contribution is 2.08. The quantitative estimate of drug-likeness (QED) is 0.673. The molecular weight excluding hydrogens is 180 g/mol. The highest BCUT2D eigenvalue weighted by atomic mass is 16.5. The maximum absolute atomic E-state index is 8.56. The van der Waals surface area contributed by atoms with Crippen LogP contribution in [-0.4, -0.2) is 28.1 Å². The van der Waals surface area contributed by atoms with Gasteiger partial charge in [0.2, 0.25) is 0 Å². The minimum atomic E-state index is 0.295. The second kappa shape index (κ2) is 6.43. The maximum atomic E-state index is 8.56. The molecule has 1 N–H and O–H groups in total. The standard InChI is InChI=1S/C10H18N2O2/c1-12-9-10(8-11-12)14-7-5-3-2-4-6-13/h8-9,13H,2-7H2,1H3. The highest BCUT2D eigenvalue weighted by molar-refractivity contribution is 5.10. The Balaban J connectivity index is 1.99. The van der Waals surface area contributed by atoms with Crippen molar-refractivity contribution in [2.24, 2.45) is 7.05 Å². The van der Waals surface area contributed by atoms with Gasteiger partial charge in [0, 0.05) is 13.7 Å². The number of hydrogen-bond acceptors (Lipinski definition) is 3. The first-order chi connectivity index (χ1) is 6.83. The summed E-state index contributed by atoms with van der Waals surface area (Å²) in [5.41, 5.74) is 0. The topological polar surface area (TPSA) is 47.3 Å². The van der Waals surface area contributed by atoms with Crippen molar-refractivity contribution in [3.63, 3.8) is 0 Å². The van der Waals surface area contributed by atoms with E-state index < -0.39 is 0 Å². The lowest BCUT2D eigenvalue weighted by atomic mass is 10.2. The number of unbranched alkanes of at least 4 members (excludes halogenated alkanes) is 3. The fourth-order valence-electron chi connectivity index (χ4n) is 1.23. The Labute approximate surface area is 84.5 Å². The first-order valence-corrected chi connectivity index (χ1v) is 5.05. The lowest BCUT2D eigenvalue weighted by molar-refractivity contribution is 0.273. The highest BCUT2D eigenvalue weighted by Gasteiger charge is 1.95. The molecule has 1 aromatic heterocycles. The molecule has 0 bridgehead atoms. The second-order valence-corrected chi connectivity index (χ2v) is 3.34. The lowest BCUT2D eigenvalue weighted by Crippen LogP contribution is -1.96. The Kier molecular flexibility index (Phi) is 5.07. The molecule has 0 aliphatic rings. The van der Waals surface area contributed by atoms with E-state index in [4.69, 9.17) is 9.84 Å². The molecule has 0 aliphatic heterocycles. The molecule has 1 heterocycles. The average molecular weight is 198 g/mol. The summed E-state index contributed by atoms with van der Waals surface area (Å²) in [6, 6.07) is 0. The van der Waals surface area contributed by atoms with E-state index in [1.807, 2.05) is 13.2 Å². The monoisotopic (exact) mass is 198 g/mol. The summed E-state index contributed by atoms with van der Waals surface area (Å²) >= 11 is 0. The second-order valence-electron chi connectivity index (χ2n) is 3.34. The van der Waals surface area contributed by atoms with Crippen molar-refractivity contribution >= 4 is 0 Å². The van der Waals surface area contributed by atoms with E-state index in [0.717, 1.165) is 38.0 Å². The molecule has 0 aliphatic carbocycles. The van der Waals surface area contributed by atoms with E-state index in [-0.39, 0.29) is 0 Å². The third-order valence-corrected chi connectivity index (χ3v) is 2.00. The van der Waals surface area contributed by atoms with Gasteiger partial charge >= 0.3 is 0 Å². The summed E-state index contributed by atoms with van der Waals surface area (Å²) in [6.07, 6.45) is 7.69. The van der Waals surface area contributed by atoms with Crippen LogP contribution in [0.15, 0.2) is 12.4 Å². The number of aromatic nitrogens is 2. The van der Waals surface area contributed by atoms with Crippen LogP contribution >= 0.6 is 0 Å². The molecule has 0 unspecified atom stereocenters. The summed E-state index contributed by atoms with van der Waals surface area (Å²) in [5.74, 6) is 0.828. The van der Waals surface area contributed by atoms with Gasteiger partial charge in [0.1, 0.15) is 0 Å². The van der Waals surface area contributed by atoms with Crippen LogP contribution in [0.25, 0.3) is 0 Å². The Morgan fingerprint density at radius 1 is 1.36 bits per heavy atom. The van der Waals surface area contributed by atoms with Gasteiger partial charge in [-0.25, -0.2) is 0 Å². The zero-order valence-electron chi connectivity index (χ0n) is 8.65. The Hall–Kier alpha value is -1.03. The van der Waals surface area contributed by atoms with Gasteiger partial charge < -0.3 is 9.84 Å². The van der Waals surface area contributed by atoms with Crippen molar-refractivity contribution in [1.29, 1.82) is 0 Å². The molecule has 80 valence electrons. The van der Waals surface area contributed by atoms with E-state index in [9.17, 15) is 0 Å². The summed E-state index contributed by atoms with van der Waals surface area (Å²) in [7, 11) is 1.87. The van der Waals surface area contributed by atoms with Crippen LogP contribution in [0, 0.1) is 0 Å². The van der Waals surface area contributed by atoms with E-state index in [1.54, 1.807) is 10.9 Å². The first-order valence-electron chi connectivity index (χ1n) is 5.05. The van der Waals surface area contributed by atoms with Gasteiger partial charge in [-0.05, 0) is 19.3 Å². The Bertz CT molecular complexity index is 248. The lowest BCUT2D eigenvalue weighted by Gasteiger charge is -2.02. The number of aliphatic hydroxyl groups is 1. The van der Waals surface area contributed by atoms with Crippen molar-refractivity contribution < 1.29 is 9.84 Å². The number of ether oxygens (including phenoxy) is 1. The molecule has 14 heavy (non-hydrogen) atoms. The van der Waals surface area contributed by atoms with Gasteiger partial charge in [0.25, 0.3) is 0 Å². The number of rotatable bonds is 7. The van der Waals surface area contributed by atoms with Crippen LogP contribution in [0.1, 0.15) is 25.7 Å². The number of nitrogens with zero attached hydrogens (tertiary/aromatic N) is 2. The minimum Gasteiger partial charge on any atom is -0.490 e. The van der Waals surface area contributed by atoms with Crippen molar-refractivity contribution in [2.45, 2.75) is 25.7 Å². The van der Waals surface area contributed by atoms with Crippen LogP contribution in [0.5, 0.6) is 5.75 Å². The molecule has 0 saturated carbocycles. The summed E-state index contributed by atoms with van der Waals surface area (Å²) in [5, 5.41) is 12.6. The van der Waals surface area contributed by atoms with Crippen LogP contribution in [0.4, 0.5) is 0 Å². The Morgan fingerprint density at radius 3 is 2.79 bits per heavy atom. The summed E-state index contributed by atoms with van der Waals surface area (Å²) in [4.78, 5) is 0. The van der Waals surface area contributed by atoms with E-state index in [1.165, 1.54) is 0 Å². The molecule has 0 fully saturated rings. The largest absolute Gasteiger partial charge is 0.490 e. The molecule has 0 spiro atoms. The van der Waals surface area contributed by atoms with Crippen LogP contribution < -0.4 is 4.74 Å². The molecule has 4 nitrogen and oxygen atoms in total. The molecule has 0 amide bonds. The van der Waals surface area contributed by atoms with Crippen molar-refractivity contribution in [1.82, 2.24) is 9.78 Å². The maximum Gasteiger partial charge on any atom is 0.157 e. The predicted octanol–water partition coefficient (Wildman–Crippen LogP) is 1.35. The van der Waals surface area contributed by atoms with Gasteiger partial charge in [-0.3, -0.25) is 4.68 Å². The van der Waals surface area contributed by atoms with Crippen LogP contribution in [0.2, 0.25) is 0 Å². The van der Waals surface area contributed by atoms with Gasteiger partial charge in [-0.1, -0.05) is 6.42 Å². The molecule has 0 atom stereocenters. The van der Waals surface area contributed by atoms with Crippen molar-refractivity contribution in [3.05, 3.63) is 12.4 Å². The predicted molar refractivity (Wildman–Crippen MR) is 54.3 cm³/mol. The smallest absolute Gasteiger partial charge is 0.157 e. The third kappa shape index (κ3) is 4.28. The number of aliphatic hydroxyl groups excluding tert-OH is 1. The van der Waals surface area contributed by atoms with Crippen molar-refractivity contribution in [2.75, 3.05) is 13.2 Å². The Morgan fingerprint density at radius 2 is 2.14 bits per heavy atom. The third-order valence-electron chi connectivity index (χ3n) is 2.00. The molecule has 4 heteroatoms. The molecule has 0 radical (unpaired) electrons. The van der Waals surface area contributed by atoms with E-state index in [0.29, 0.717) is 6.61 Å². The normalized spacial score (nSPS) is 10.4. The molecular formula is C10H18N2O2. The molecule has 1 aromatic rings. The minimum absolute atomic E-state index is 0.295.